The van der Waals surface area contributed by atoms with Gasteiger partial charge in [0.2, 0.25) is 5.91 Å². The lowest BCUT2D eigenvalue weighted by Crippen LogP contribution is -2.38. The van der Waals surface area contributed by atoms with Crippen molar-refractivity contribution in [3.63, 3.8) is 0 Å². The van der Waals surface area contributed by atoms with Crippen LogP contribution in [0.2, 0.25) is 0 Å². The Morgan fingerprint density at radius 1 is 1.56 bits per heavy atom. The average molecular weight is 252 g/mol. The maximum atomic E-state index is 10.8. The number of hydrogen-bond acceptors (Lipinski definition) is 4. The van der Waals surface area contributed by atoms with Crippen LogP contribution in [0.4, 0.5) is 0 Å². The zero-order chi connectivity index (χ0) is 13.4. The molecule has 0 aromatic rings. The Kier molecular flexibility index (Phi) is 9.02. The van der Waals surface area contributed by atoms with Gasteiger partial charge >= 0.3 is 0 Å². The molecule has 0 aliphatic heterocycles. The molecule has 0 spiro atoms. The third-order valence-corrected chi connectivity index (χ3v) is 2.47. The first-order valence-corrected chi connectivity index (χ1v) is 6.29. The van der Waals surface area contributed by atoms with E-state index in [9.17, 15) is 13.2 Å². The standard InChI is InChI=1S/C6H11NO4S.C3H9N/c1-4(2)6(8)7-5(3)12(9,10)11;1-2-3-4/h5H,1H2,2-3H3,(H,7,8)(H,9,10,11);2-4H2,1H3. The molecule has 0 bridgehead atoms. The van der Waals surface area contributed by atoms with Crippen molar-refractivity contribution >= 4 is 16.0 Å². The molecular weight excluding hydrogens is 232 g/mol. The number of hydrogen-bond donors (Lipinski definition) is 3. The zero-order valence-corrected chi connectivity index (χ0v) is 10.7. The minimum atomic E-state index is -4.20. The molecule has 1 unspecified atom stereocenters. The number of amides is 1. The smallest absolute Gasteiger partial charge is 0.285 e. The summed E-state index contributed by atoms with van der Waals surface area (Å²) in [5.74, 6) is -0.597. The van der Waals surface area contributed by atoms with E-state index in [0.29, 0.717) is 0 Å². The van der Waals surface area contributed by atoms with Crippen molar-refractivity contribution in [2.24, 2.45) is 5.73 Å². The van der Waals surface area contributed by atoms with Gasteiger partial charge in [-0.15, -0.1) is 0 Å². The zero-order valence-electron chi connectivity index (χ0n) is 9.86. The molecule has 1 atom stereocenters. The summed E-state index contributed by atoms with van der Waals surface area (Å²) in [6, 6.07) is 0. The molecule has 0 saturated heterocycles. The molecule has 0 aromatic heterocycles. The molecule has 16 heavy (non-hydrogen) atoms. The van der Waals surface area contributed by atoms with E-state index in [0.717, 1.165) is 19.9 Å². The summed E-state index contributed by atoms with van der Waals surface area (Å²) in [6.45, 7) is 8.78. The normalized spacial score (nSPS) is 12.1. The van der Waals surface area contributed by atoms with Crippen molar-refractivity contribution in [2.75, 3.05) is 6.54 Å². The van der Waals surface area contributed by atoms with Gasteiger partial charge in [0.1, 0.15) is 0 Å². The van der Waals surface area contributed by atoms with Gasteiger partial charge in [-0.05, 0) is 26.8 Å². The maximum Gasteiger partial charge on any atom is 0.285 e. The van der Waals surface area contributed by atoms with E-state index < -0.39 is 21.4 Å². The summed E-state index contributed by atoms with van der Waals surface area (Å²) in [5, 5.41) is 0.739. The van der Waals surface area contributed by atoms with Gasteiger partial charge in [0.05, 0.1) is 0 Å². The van der Waals surface area contributed by atoms with Crippen LogP contribution >= 0.6 is 0 Å². The van der Waals surface area contributed by atoms with Crippen molar-refractivity contribution in [1.29, 1.82) is 0 Å². The van der Waals surface area contributed by atoms with Crippen LogP contribution in [-0.2, 0) is 14.9 Å². The monoisotopic (exact) mass is 252 g/mol. The fourth-order valence-electron chi connectivity index (χ4n) is 0.382. The highest BCUT2D eigenvalue weighted by molar-refractivity contribution is 7.86. The van der Waals surface area contributed by atoms with Gasteiger partial charge in [0, 0.05) is 5.57 Å². The topological polar surface area (TPSA) is 109 Å². The Bertz CT molecular complexity index is 322. The highest BCUT2D eigenvalue weighted by Crippen LogP contribution is 1.95. The van der Waals surface area contributed by atoms with Gasteiger partial charge in [-0.3, -0.25) is 9.35 Å². The summed E-state index contributed by atoms with van der Waals surface area (Å²) >= 11 is 0. The van der Waals surface area contributed by atoms with Crippen molar-refractivity contribution < 1.29 is 17.8 Å². The lowest BCUT2D eigenvalue weighted by molar-refractivity contribution is -0.117. The van der Waals surface area contributed by atoms with E-state index in [4.69, 9.17) is 10.3 Å². The third kappa shape index (κ3) is 9.63. The number of carbonyl (C=O) groups is 1. The van der Waals surface area contributed by atoms with Crippen LogP contribution in [0.3, 0.4) is 0 Å². The fraction of sp³-hybridized carbons (Fsp3) is 0.667. The van der Waals surface area contributed by atoms with E-state index in [1.54, 1.807) is 0 Å². The molecule has 6 nitrogen and oxygen atoms in total. The lowest BCUT2D eigenvalue weighted by Gasteiger charge is -2.09. The second-order valence-corrected chi connectivity index (χ2v) is 4.94. The first kappa shape index (κ1) is 17.5. The highest BCUT2D eigenvalue weighted by Gasteiger charge is 2.19. The summed E-state index contributed by atoms with van der Waals surface area (Å²) in [6.07, 6.45) is 1.10. The Morgan fingerprint density at radius 2 is 1.94 bits per heavy atom. The van der Waals surface area contributed by atoms with Crippen LogP contribution in [0, 0.1) is 0 Å². The van der Waals surface area contributed by atoms with Crippen LogP contribution in [0.15, 0.2) is 12.2 Å². The van der Waals surface area contributed by atoms with Crippen LogP contribution in [0.5, 0.6) is 0 Å². The lowest BCUT2D eigenvalue weighted by atomic mass is 10.3. The summed E-state index contributed by atoms with van der Waals surface area (Å²) < 4.78 is 29.2. The molecule has 7 heteroatoms. The van der Waals surface area contributed by atoms with Gasteiger partial charge in [-0.1, -0.05) is 13.5 Å². The van der Waals surface area contributed by atoms with E-state index >= 15 is 0 Å². The number of nitrogens with one attached hydrogen (secondary N) is 1. The number of carbonyl (C=O) groups excluding carboxylic acids is 1. The molecule has 0 heterocycles. The van der Waals surface area contributed by atoms with Crippen molar-refractivity contribution in [3.05, 3.63) is 12.2 Å². The summed E-state index contributed by atoms with van der Waals surface area (Å²) in [4.78, 5) is 10.8. The summed E-state index contributed by atoms with van der Waals surface area (Å²) in [5.41, 5.74) is 5.21. The highest BCUT2D eigenvalue weighted by atomic mass is 32.2. The van der Waals surface area contributed by atoms with Crippen molar-refractivity contribution in [1.82, 2.24) is 5.32 Å². The minimum absolute atomic E-state index is 0.186. The van der Waals surface area contributed by atoms with Gasteiger partial charge in [-0.2, -0.15) is 8.42 Å². The largest absolute Gasteiger partial charge is 0.334 e. The predicted molar refractivity (Wildman–Crippen MR) is 63.3 cm³/mol. The van der Waals surface area contributed by atoms with Crippen LogP contribution < -0.4 is 11.1 Å². The van der Waals surface area contributed by atoms with Crippen molar-refractivity contribution in [2.45, 2.75) is 32.6 Å². The molecule has 96 valence electrons. The molecule has 4 N–H and O–H groups in total. The van der Waals surface area contributed by atoms with E-state index in [1.807, 2.05) is 5.32 Å². The first-order valence-electron chi connectivity index (χ1n) is 4.79. The molecule has 0 aromatic carbocycles. The molecule has 1 amide bonds. The van der Waals surface area contributed by atoms with Crippen LogP contribution in [-0.4, -0.2) is 30.8 Å². The Balaban J connectivity index is 0. The number of rotatable bonds is 4. The Hall–Kier alpha value is -0.920. The van der Waals surface area contributed by atoms with Gasteiger partial charge in [0.15, 0.2) is 5.37 Å². The average Bonchev–Trinajstić information content (AvgIpc) is 2.16. The van der Waals surface area contributed by atoms with Gasteiger partial charge in [0.25, 0.3) is 10.1 Å². The quantitative estimate of drug-likeness (QED) is 0.491. The van der Waals surface area contributed by atoms with Crippen LogP contribution in [0.1, 0.15) is 27.2 Å². The SMILES string of the molecule is C=C(C)C(=O)NC(C)S(=O)(=O)O.CCCN. The molecule has 0 saturated carbocycles. The van der Waals surface area contributed by atoms with E-state index in [-0.39, 0.29) is 5.57 Å². The third-order valence-electron chi connectivity index (χ3n) is 1.46. The first-order chi connectivity index (χ1) is 7.16. The van der Waals surface area contributed by atoms with Crippen LogP contribution in [0.25, 0.3) is 0 Å². The molecule has 0 radical (unpaired) electrons. The predicted octanol–water partition coefficient (Wildman–Crippen LogP) is 0.268. The van der Waals surface area contributed by atoms with E-state index in [1.165, 1.54) is 6.92 Å². The van der Waals surface area contributed by atoms with Crippen molar-refractivity contribution in [3.8, 4) is 0 Å². The number of nitrogens with two attached hydrogens (primary N) is 1. The Morgan fingerprint density at radius 3 is 2.12 bits per heavy atom. The second kappa shape index (κ2) is 8.26. The van der Waals surface area contributed by atoms with E-state index in [2.05, 4.69) is 13.5 Å². The molecular formula is C9H20N2O4S. The minimum Gasteiger partial charge on any atom is -0.334 e. The molecule has 0 aliphatic rings. The molecule has 0 rings (SSSR count). The summed E-state index contributed by atoms with van der Waals surface area (Å²) in [7, 11) is -4.20. The second-order valence-electron chi connectivity index (χ2n) is 3.20. The Labute approximate surface area is 96.7 Å². The molecule has 0 aliphatic carbocycles. The van der Waals surface area contributed by atoms with Gasteiger partial charge < -0.3 is 11.1 Å². The van der Waals surface area contributed by atoms with Gasteiger partial charge in [-0.25, -0.2) is 0 Å². The maximum absolute atomic E-state index is 10.8. The molecule has 0 fully saturated rings. The fourth-order valence-corrected chi connectivity index (χ4v) is 0.638.